The Morgan fingerprint density at radius 3 is 1.28 bits per heavy atom. The lowest BCUT2D eigenvalue weighted by Crippen LogP contribution is -2.19. The Labute approximate surface area is 349 Å². The Hall–Kier alpha value is -4.20. The summed E-state index contributed by atoms with van der Waals surface area (Å²) in [5, 5.41) is 44.8. The van der Waals surface area contributed by atoms with Crippen LogP contribution in [0.5, 0.6) is 23.0 Å². The second-order valence-electron chi connectivity index (χ2n) is 18.9. The fourth-order valence-corrected chi connectivity index (χ4v) is 9.17. The molecule has 8 nitrogen and oxygen atoms in total. The summed E-state index contributed by atoms with van der Waals surface area (Å²) in [6, 6.07) is 7.32. The molecule has 4 rings (SSSR count). The summed E-state index contributed by atoms with van der Waals surface area (Å²) in [6.45, 7) is 25.8. The molecule has 2 aliphatic rings. The molecule has 4 N–H and O–H groups in total. The lowest BCUT2D eigenvalue weighted by molar-refractivity contribution is -0.981. The van der Waals surface area contributed by atoms with Gasteiger partial charge in [0.25, 0.3) is 0 Å². The van der Waals surface area contributed by atoms with E-state index >= 15 is 0 Å². The highest BCUT2D eigenvalue weighted by molar-refractivity contribution is 5.54. The summed E-state index contributed by atoms with van der Waals surface area (Å²) in [7, 11) is 0. The van der Waals surface area contributed by atoms with Gasteiger partial charge in [0.2, 0.25) is 0 Å². The predicted molar refractivity (Wildman–Crippen MR) is 235 cm³/mol. The van der Waals surface area contributed by atoms with Crippen LogP contribution in [0.4, 0.5) is 0 Å². The first-order valence-corrected chi connectivity index (χ1v) is 21.8. The molecule has 0 heterocycles. The number of hydrogen-bond acceptors (Lipinski definition) is 7. The van der Waals surface area contributed by atoms with Gasteiger partial charge in [-0.3, -0.25) is 0 Å². The number of rotatable bonds is 22. The Kier molecular flexibility index (Phi) is 16.6. The predicted octanol–water partition coefficient (Wildman–Crippen LogP) is 13.3. The zero-order valence-corrected chi connectivity index (χ0v) is 37.0. The molecule has 0 aliphatic heterocycles. The van der Waals surface area contributed by atoms with Crippen molar-refractivity contribution in [1.29, 1.82) is 0 Å². The minimum Gasteiger partial charge on any atom is -0.507 e. The zero-order chi connectivity index (χ0) is 42.8. The summed E-state index contributed by atoms with van der Waals surface area (Å²) in [6.07, 6.45) is 17.3. The maximum atomic E-state index is 12.1. The molecule has 2 aliphatic carbocycles. The van der Waals surface area contributed by atoms with Gasteiger partial charge in [-0.05, 0) is 150 Å². The average molecular weight is 801 g/mol. The number of nitrogens with zero attached hydrogens (tertiary/aromatic N) is 1. The molecule has 0 unspecified atom stereocenters. The van der Waals surface area contributed by atoms with Crippen molar-refractivity contribution in [2.75, 3.05) is 13.2 Å². The highest BCUT2D eigenvalue weighted by atomic mass is 17.0. The van der Waals surface area contributed by atoms with Crippen molar-refractivity contribution < 1.29 is 35.2 Å². The molecule has 4 atom stereocenters. The van der Waals surface area contributed by atoms with Crippen molar-refractivity contribution in [3.05, 3.63) is 99.0 Å². The normalized spacial score (nSPS) is 19.9. The third kappa shape index (κ3) is 12.4. The van der Waals surface area contributed by atoms with Crippen molar-refractivity contribution in [2.45, 2.75) is 168 Å². The Morgan fingerprint density at radius 2 is 0.948 bits per heavy atom. The van der Waals surface area contributed by atoms with Gasteiger partial charge in [0.05, 0.1) is 0 Å². The summed E-state index contributed by atoms with van der Waals surface area (Å²) in [5.41, 5.74) is 7.27. The summed E-state index contributed by atoms with van der Waals surface area (Å²) in [5.74, 6) is 0.819. The van der Waals surface area contributed by atoms with Crippen LogP contribution in [0.1, 0.15) is 179 Å². The fourth-order valence-electron chi connectivity index (χ4n) is 9.17. The third-order valence-corrected chi connectivity index (χ3v) is 13.0. The van der Waals surface area contributed by atoms with E-state index in [0.717, 1.165) is 112 Å². The maximum Gasteiger partial charge on any atom is 0.477 e. The molecule has 0 saturated heterocycles. The molecule has 2 aromatic carbocycles. The highest BCUT2D eigenvalue weighted by Crippen LogP contribution is 2.49. The van der Waals surface area contributed by atoms with Gasteiger partial charge >= 0.3 is 5.09 Å². The number of phenolic OH excluding ortho intramolecular Hbond substituents is 4. The number of allylic oxidation sites excluding steroid dienone is 6. The molecule has 320 valence electrons. The van der Waals surface area contributed by atoms with E-state index in [9.17, 15) is 25.3 Å². The third-order valence-electron chi connectivity index (χ3n) is 13.0. The minimum absolute atomic E-state index is 0.0785. The highest BCUT2D eigenvalue weighted by Gasteiger charge is 2.33. The Balaban J connectivity index is 1.09. The molecule has 8 heteroatoms. The number of phenols is 4. The van der Waals surface area contributed by atoms with E-state index in [1.807, 2.05) is 38.1 Å². The summed E-state index contributed by atoms with van der Waals surface area (Å²) in [4.78, 5) is 22.5. The van der Waals surface area contributed by atoms with Crippen molar-refractivity contribution in [2.24, 2.45) is 11.8 Å². The van der Waals surface area contributed by atoms with E-state index in [4.69, 9.17) is 9.68 Å². The first-order chi connectivity index (χ1) is 27.3. The Morgan fingerprint density at radius 1 is 0.621 bits per heavy atom. The average Bonchev–Trinajstić information content (AvgIpc) is 3.13. The van der Waals surface area contributed by atoms with Gasteiger partial charge in [-0.25, -0.2) is 0 Å². The molecule has 0 aromatic heterocycles. The molecule has 58 heavy (non-hydrogen) atoms. The van der Waals surface area contributed by atoms with Crippen LogP contribution >= 0.6 is 0 Å². The van der Waals surface area contributed by atoms with Crippen molar-refractivity contribution >= 4 is 0 Å². The zero-order valence-electron chi connectivity index (χ0n) is 37.0. The van der Waals surface area contributed by atoms with E-state index in [1.165, 1.54) is 11.1 Å². The van der Waals surface area contributed by atoms with Crippen LogP contribution in [0.15, 0.2) is 71.9 Å². The molecule has 0 saturated carbocycles. The molecule has 0 bridgehead atoms. The van der Waals surface area contributed by atoms with E-state index < -0.39 is 0 Å². The van der Waals surface area contributed by atoms with Gasteiger partial charge in [-0.2, -0.15) is 9.68 Å². The summed E-state index contributed by atoms with van der Waals surface area (Å²) < 4.78 is 0. The SMILES string of the molecule is C=C(C)[C@@H]1CCC(C)=C[C@H]1c1c(O)cc(C(C)(C)CCCCCCO[N+](=O)OCCCCCCC(C)(C)c2cc(O)c([C@@H]3C=C(C)CC[C@H]3C(=C)C)c(O)c2)cc1O. The quantitative estimate of drug-likeness (QED) is 0.0532. The number of benzene rings is 2. The van der Waals surface area contributed by atoms with Crippen LogP contribution < -0.4 is 0 Å². The topological polar surface area (TPSA) is 119 Å². The lowest BCUT2D eigenvalue weighted by atomic mass is 9.72. The maximum absolute atomic E-state index is 12.1. The molecule has 0 spiro atoms. The van der Waals surface area contributed by atoms with Crippen molar-refractivity contribution in [1.82, 2.24) is 0 Å². The van der Waals surface area contributed by atoms with E-state index in [0.29, 0.717) is 24.3 Å². The van der Waals surface area contributed by atoms with Gasteiger partial charge in [-0.15, -0.1) is 0 Å². The van der Waals surface area contributed by atoms with Gasteiger partial charge in [0, 0.05) is 23.0 Å². The first-order valence-electron chi connectivity index (χ1n) is 21.8. The molecular formula is C50H74NO7+. The lowest BCUT2D eigenvalue weighted by Gasteiger charge is -2.32. The van der Waals surface area contributed by atoms with E-state index in [2.05, 4.69) is 66.9 Å². The van der Waals surface area contributed by atoms with Crippen LogP contribution in [0.2, 0.25) is 0 Å². The van der Waals surface area contributed by atoms with Crippen molar-refractivity contribution in [3.8, 4) is 23.0 Å². The van der Waals surface area contributed by atoms with Crippen molar-refractivity contribution in [3.63, 3.8) is 0 Å². The monoisotopic (exact) mass is 801 g/mol. The van der Waals surface area contributed by atoms with E-state index in [-0.39, 0.29) is 62.6 Å². The first kappa shape index (κ1) is 46.5. The van der Waals surface area contributed by atoms with Crippen LogP contribution in [0.25, 0.3) is 0 Å². The molecule has 0 amide bonds. The molecule has 0 radical (unpaired) electrons. The molecule has 2 aromatic rings. The van der Waals surface area contributed by atoms with Gasteiger partial charge in [0.1, 0.15) is 27.9 Å². The standard InChI is InChI=1S/C50H73NO7/c1-33(2)39-21-19-35(5)27-41(39)47-43(52)29-37(30-44(47)53)49(7,8)23-15-11-13-17-25-57-51(56)58-26-18-14-12-16-24-50(9,10)38-31-45(54)48(46(55)32-38)42-28-36(6)20-22-40(42)34(3)4/h27-32,39-42H,1,3,11-26H2,2,4-10H3,(H3-,52,53,54,55)/p+1/t39-,40-,41+,42+/m0/s1. The second kappa shape index (κ2) is 20.7. The molecule has 0 fully saturated rings. The van der Waals surface area contributed by atoms with Crippen LogP contribution in [-0.2, 0) is 20.5 Å². The van der Waals surface area contributed by atoms with E-state index in [1.54, 1.807) is 0 Å². The smallest absolute Gasteiger partial charge is 0.477 e. The molecular weight excluding hydrogens is 727 g/mol. The second-order valence-corrected chi connectivity index (χ2v) is 18.9. The number of aromatic hydroxyl groups is 4. The largest absolute Gasteiger partial charge is 0.507 e. The minimum atomic E-state index is -0.229. The number of hydrogen-bond donors (Lipinski definition) is 4. The summed E-state index contributed by atoms with van der Waals surface area (Å²) >= 11 is 0. The van der Waals surface area contributed by atoms with Gasteiger partial charge in [-0.1, -0.05) is 101 Å². The van der Waals surface area contributed by atoms with Crippen LogP contribution in [0.3, 0.4) is 0 Å². The fraction of sp³-hybridized carbons (Fsp3) is 0.600. The van der Waals surface area contributed by atoms with Gasteiger partial charge in [0.15, 0.2) is 13.2 Å². The van der Waals surface area contributed by atoms with Gasteiger partial charge < -0.3 is 20.4 Å². The Bertz CT molecular complexity index is 1640. The van der Waals surface area contributed by atoms with Crippen LogP contribution in [0, 0.1) is 16.7 Å². The number of unbranched alkanes of at least 4 members (excludes halogenated alkanes) is 6. The van der Waals surface area contributed by atoms with Crippen LogP contribution in [-0.4, -0.2) is 38.7 Å².